The second-order valence-electron chi connectivity index (χ2n) is 8.04. The van der Waals surface area contributed by atoms with Gasteiger partial charge in [-0.3, -0.25) is 14.5 Å². The molecule has 36 heavy (non-hydrogen) atoms. The van der Waals surface area contributed by atoms with Gasteiger partial charge in [-0.25, -0.2) is 9.78 Å². The number of Topliss-reactive ketones (excluding diaryl/α,β-unsaturated/α-hetero) is 1. The van der Waals surface area contributed by atoms with E-state index in [4.69, 9.17) is 21.1 Å². The number of ketones is 1. The van der Waals surface area contributed by atoms with E-state index >= 15 is 0 Å². The zero-order valence-electron chi connectivity index (χ0n) is 20.0. The lowest BCUT2D eigenvalue weighted by Gasteiger charge is -2.23. The first-order valence-electron chi connectivity index (χ1n) is 11.0. The largest absolute Gasteiger partial charge is 0.507 e. The fraction of sp³-hybridized carbons (Fsp3) is 0.231. The van der Waals surface area contributed by atoms with Crippen molar-refractivity contribution in [3.8, 4) is 5.75 Å². The molecule has 8 nitrogen and oxygen atoms in total. The number of amides is 1. The second-order valence-corrected chi connectivity index (χ2v) is 9.45. The number of aliphatic hydroxyl groups excluding tert-OH is 1. The molecule has 1 fully saturated rings. The van der Waals surface area contributed by atoms with Gasteiger partial charge in [0, 0.05) is 10.6 Å². The maximum absolute atomic E-state index is 13.3. The Morgan fingerprint density at radius 1 is 1.17 bits per heavy atom. The molecule has 4 rings (SSSR count). The Morgan fingerprint density at radius 3 is 2.47 bits per heavy atom. The molecular weight excluding hydrogens is 504 g/mol. The van der Waals surface area contributed by atoms with Gasteiger partial charge in [-0.1, -0.05) is 35.1 Å². The second kappa shape index (κ2) is 10.1. The summed E-state index contributed by atoms with van der Waals surface area (Å²) in [4.78, 5) is 44.8. The topological polar surface area (TPSA) is 106 Å². The van der Waals surface area contributed by atoms with Crippen molar-refractivity contribution in [2.75, 3.05) is 18.6 Å². The van der Waals surface area contributed by atoms with Crippen LogP contribution in [0.4, 0.5) is 5.13 Å². The van der Waals surface area contributed by atoms with Crippen LogP contribution in [0.1, 0.15) is 45.0 Å². The van der Waals surface area contributed by atoms with E-state index in [1.165, 1.54) is 12.0 Å². The molecule has 1 amide bonds. The highest BCUT2D eigenvalue weighted by Crippen LogP contribution is 2.44. The molecule has 1 aliphatic rings. The van der Waals surface area contributed by atoms with Gasteiger partial charge in [-0.05, 0) is 62.2 Å². The number of nitrogens with zero attached hydrogens (tertiary/aromatic N) is 2. The first-order valence-corrected chi connectivity index (χ1v) is 12.2. The summed E-state index contributed by atoms with van der Waals surface area (Å²) < 4.78 is 10.4. The zero-order chi connectivity index (χ0) is 26.1. The average Bonchev–Trinajstić information content (AvgIpc) is 3.36. The van der Waals surface area contributed by atoms with Gasteiger partial charge in [-0.15, -0.1) is 0 Å². The first kappa shape index (κ1) is 25.4. The van der Waals surface area contributed by atoms with Crippen LogP contribution in [0.3, 0.4) is 0 Å². The summed E-state index contributed by atoms with van der Waals surface area (Å²) in [6, 6.07) is 10.6. The highest BCUT2D eigenvalue weighted by atomic mass is 35.5. The minimum absolute atomic E-state index is 0.0996. The van der Waals surface area contributed by atoms with Gasteiger partial charge in [0.1, 0.15) is 16.4 Å². The molecular formula is C26H23ClN2O6S. The fourth-order valence-corrected chi connectivity index (χ4v) is 5.16. The molecule has 0 aliphatic carbocycles. The highest BCUT2D eigenvalue weighted by Gasteiger charge is 2.48. The molecule has 3 aromatic rings. The van der Waals surface area contributed by atoms with E-state index in [0.29, 0.717) is 27.6 Å². The van der Waals surface area contributed by atoms with Crippen molar-refractivity contribution < 1.29 is 29.0 Å². The molecule has 1 aromatic heterocycles. The number of esters is 1. The number of aryl methyl sites for hydroxylation is 2. The van der Waals surface area contributed by atoms with E-state index in [2.05, 4.69) is 4.98 Å². The summed E-state index contributed by atoms with van der Waals surface area (Å²) >= 11 is 7.03. The van der Waals surface area contributed by atoms with Crippen LogP contribution in [-0.4, -0.2) is 41.5 Å². The average molecular weight is 527 g/mol. The smallest absolute Gasteiger partial charge is 0.350 e. The van der Waals surface area contributed by atoms with E-state index in [-0.39, 0.29) is 27.9 Å². The standard InChI is InChI=1S/C26H23ClN2O6S/c1-5-35-25(33)23-14(3)28-26(36-23)29-20(15-6-9-17(27)10-7-15)19(22(31)24(29)32)21(30)16-8-11-18(34-4)13(2)12-16/h6-12,20,30H,5H2,1-4H3/b21-19+/t20-/m1/s1. The summed E-state index contributed by atoms with van der Waals surface area (Å²) in [6.07, 6.45) is 0. The van der Waals surface area contributed by atoms with Gasteiger partial charge in [-0.2, -0.15) is 0 Å². The lowest BCUT2D eigenvalue weighted by Crippen LogP contribution is -2.29. The number of hydrogen-bond acceptors (Lipinski definition) is 8. The molecule has 2 heterocycles. The van der Waals surface area contributed by atoms with Gasteiger partial charge in [0.2, 0.25) is 0 Å². The Bertz CT molecular complexity index is 1400. The van der Waals surface area contributed by atoms with Crippen LogP contribution >= 0.6 is 22.9 Å². The van der Waals surface area contributed by atoms with Gasteiger partial charge in [0.15, 0.2) is 5.13 Å². The Hall–Kier alpha value is -3.69. The zero-order valence-corrected chi connectivity index (χ0v) is 21.6. The Morgan fingerprint density at radius 2 is 1.86 bits per heavy atom. The number of hydrogen-bond donors (Lipinski definition) is 1. The molecule has 0 radical (unpaired) electrons. The van der Waals surface area contributed by atoms with E-state index in [9.17, 15) is 19.5 Å². The quantitative estimate of drug-likeness (QED) is 0.203. The normalized spacial score (nSPS) is 16.9. The maximum Gasteiger partial charge on any atom is 0.350 e. The van der Waals surface area contributed by atoms with E-state index in [1.807, 2.05) is 0 Å². The number of ether oxygens (including phenoxy) is 2. The summed E-state index contributed by atoms with van der Waals surface area (Å²) in [5, 5.41) is 11.9. The van der Waals surface area contributed by atoms with Crippen molar-refractivity contribution in [3.05, 3.63) is 80.3 Å². The number of carbonyl (C=O) groups excluding carboxylic acids is 3. The minimum Gasteiger partial charge on any atom is -0.507 e. The third-order valence-corrected chi connectivity index (χ3v) is 7.14. The Labute approximate surface area is 216 Å². The summed E-state index contributed by atoms with van der Waals surface area (Å²) in [5.74, 6) is -2.02. The van der Waals surface area contributed by atoms with Crippen molar-refractivity contribution in [2.24, 2.45) is 0 Å². The third-order valence-electron chi connectivity index (χ3n) is 5.75. The molecule has 186 valence electrons. The van der Waals surface area contributed by atoms with Crippen molar-refractivity contribution in [1.29, 1.82) is 0 Å². The van der Waals surface area contributed by atoms with Crippen molar-refractivity contribution in [3.63, 3.8) is 0 Å². The van der Waals surface area contributed by atoms with Crippen LogP contribution in [0, 0.1) is 13.8 Å². The number of halogens is 1. The lowest BCUT2D eigenvalue weighted by atomic mass is 9.95. The van der Waals surface area contributed by atoms with Crippen LogP contribution in [0.5, 0.6) is 5.75 Å². The molecule has 2 aromatic carbocycles. The highest BCUT2D eigenvalue weighted by molar-refractivity contribution is 7.17. The number of methoxy groups -OCH3 is 1. The number of benzene rings is 2. The minimum atomic E-state index is -0.995. The molecule has 1 aliphatic heterocycles. The monoisotopic (exact) mass is 526 g/mol. The molecule has 0 unspecified atom stereocenters. The maximum atomic E-state index is 13.3. The lowest BCUT2D eigenvalue weighted by molar-refractivity contribution is -0.132. The van der Waals surface area contributed by atoms with Gasteiger partial charge in [0.25, 0.3) is 5.78 Å². The van der Waals surface area contributed by atoms with Gasteiger partial charge in [0.05, 0.1) is 31.0 Å². The number of carbonyl (C=O) groups is 3. The predicted octanol–water partition coefficient (Wildman–Crippen LogP) is 5.22. The third kappa shape index (κ3) is 4.47. The summed E-state index contributed by atoms with van der Waals surface area (Å²) in [5.41, 5.74) is 1.91. The number of rotatable bonds is 6. The molecule has 0 bridgehead atoms. The van der Waals surface area contributed by atoms with Crippen molar-refractivity contribution in [2.45, 2.75) is 26.8 Å². The van der Waals surface area contributed by atoms with Gasteiger partial charge < -0.3 is 14.6 Å². The molecule has 1 saturated heterocycles. The van der Waals surface area contributed by atoms with Crippen LogP contribution in [-0.2, 0) is 14.3 Å². The van der Waals surface area contributed by atoms with E-state index in [0.717, 1.165) is 16.9 Å². The molecule has 1 N–H and O–H groups in total. The Balaban J connectivity index is 1.91. The van der Waals surface area contributed by atoms with Crippen LogP contribution < -0.4 is 9.64 Å². The molecule has 0 spiro atoms. The first-order chi connectivity index (χ1) is 17.2. The fourth-order valence-electron chi connectivity index (χ4n) is 4.04. The molecule has 10 heteroatoms. The molecule has 0 saturated carbocycles. The van der Waals surface area contributed by atoms with Crippen molar-refractivity contribution in [1.82, 2.24) is 4.98 Å². The molecule has 1 atom stereocenters. The van der Waals surface area contributed by atoms with Crippen LogP contribution in [0.2, 0.25) is 5.02 Å². The summed E-state index contributed by atoms with van der Waals surface area (Å²) in [7, 11) is 1.54. The van der Waals surface area contributed by atoms with E-state index in [1.54, 1.807) is 63.2 Å². The number of aromatic nitrogens is 1. The Kier molecular flexibility index (Phi) is 7.14. The summed E-state index contributed by atoms with van der Waals surface area (Å²) in [6.45, 7) is 5.30. The predicted molar refractivity (Wildman–Crippen MR) is 137 cm³/mol. The van der Waals surface area contributed by atoms with Crippen molar-refractivity contribution >= 4 is 51.5 Å². The van der Waals surface area contributed by atoms with Gasteiger partial charge >= 0.3 is 11.9 Å². The van der Waals surface area contributed by atoms with Crippen LogP contribution in [0.15, 0.2) is 48.0 Å². The van der Waals surface area contributed by atoms with E-state index < -0.39 is 23.7 Å². The number of aliphatic hydroxyl groups is 1. The van der Waals surface area contributed by atoms with Crippen LogP contribution in [0.25, 0.3) is 5.76 Å². The SMILES string of the molecule is CCOC(=O)c1sc(N2C(=O)C(=O)/C(=C(/O)c3ccc(OC)c(C)c3)[C@H]2c2ccc(Cl)cc2)nc1C. The number of anilines is 1. The number of thiazole rings is 1.